The number of aliphatic carboxylic acids is 2. The number of phenolic OH excluding ortho intramolecular Hbond substituents is 4. The fourth-order valence-electron chi connectivity index (χ4n) is 2.26. The molecule has 0 amide bonds. The Kier molecular flexibility index (Phi) is 14.1. The fourth-order valence-corrected chi connectivity index (χ4v) is 2.26. The van der Waals surface area contributed by atoms with Crippen molar-refractivity contribution in [3.8, 4) is 23.0 Å². The number of carbonyl (C=O) groups is 2. The summed E-state index contributed by atoms with van der Waals surface area (Å²) in [7, 11) is 3.45. The Morgan fingerprint density at radius 1 is 0.706 bits per heavy atom. The lowest BCUT2D eigenvalue weighted by atomic mass is 10.1. The van der Waals surface area contributed by atoms with E-state index in [9.17, 15) is 19.8 Å². The lowest BCUT2D eigenvalue weighted by Crippen LogP contribution is -2.16. The highest BCUT2D eigenvalue weighted by Crippen LogP contribution is 2.28. The summed E-state index contributed by atoms with van der Waals surface area (Å²) in [5.41, 5.74) is 1.15. The van der Waals surface area contributed by atoms with Crippen LogP contribution in [0, 0.1) is 0 Å². The zero-order valence-corrected chi connectivity index (χ0v) is 18.6. The Hall–Kier alpha value is -3.84. The maximum absolute atomic E-state index is 9.55. The summed E-state index contributed by atoms with van der Waals surface area (Å²) in [4.78, 5) is 19.1. The zero-order valence-electron chi connectivity index (χ0n) is 18.6. The van der Waals surface area contributed by atoms with Gasteiger partial charge < -0.3 is 51.5 Å². The number of phenols is 4. The van der Waals surface area contributed by atoms with Gasteiger partial charge in [0.2, 0.25) is 0 Å². The van der Waals surface area contributed by atoms with Crippen molar-refractivity contribution in [3.63, 3.8) is 0 Å². The molecule has 0 saturated carbocycles. The molecule has 12 heteroatoms. The third kappa shape index (κ3) is 12.3. The first-order chi connectivity index (χ1) is 15.9. The maximum atomic E-state index is 9.55. The number of rotatable bonds is 8. The molecular formula is C22H30N2O10. The minimum atomic E-state index is -1.26. The van der Waals surface area contributed by atoms with Gasteiger partial charge in [0.15, 0.2) is 23.0 Å². The molecule has 0 radical (unpaired) electrons. The largest absolute Gasteiger partial charge is 0.504 e. The van der Waals surface area contributed by atoms with Gasteiger partial charge in [-0.3, -0.25) is 0 Å². The van der Waals surface area contributed by atoms with Crippen LogP contribution in [-0.4, -0.2) is 80.0 Å². The second-order valence-electron chi connectivity index (χ2n) is 6.65. The smallest absolute Gasteiger partial charge is 0.328 e. The molecule has 2 rings (SSSR count). The molecule has 2 aromatic carbocycles. The zero-order chi connectivity index (χ0) is 26.3. The minimum absolute atomic E-state index is 0.180. The van der Waals surface area contributed by atoms with Crippen molar-refractivity contribution < 1.29 is 50.4 Å². The van der Waals surface area contributed by atoms with E-state index in [1.165, 1.54) is 24.3 Å². The van der Waals surface area contributed by atoms with Gasteiger partial charge in [0.25, 0.3) is 0 Å². The molecule has 0 spiro atoms. The van der Waals surface area contributed by atoms with Crippen LogP contribution in [0.25, 0.3) is 0 Å². The van der Waals surface area contributed by atoms with Crippen LogP contribution in [0.15, 0.2) is 48.6 Å². The molecule has 0 aliphatic rings. The molecule has 2 aromatic rings. The van der Waals surface area contributed by atoms with E-state index in [1.807, 2.05) is 0 Å². The van der Waals surface area contributed by atoms with Gasteiger partial charge in [-0.1, -0.05) is 12.1 Å². The van der Waals surface area contributed by atoms with Crippen LogP contribution in [0.4, 0.5) is 0 Å². The number of carboxylic acids is 2. The molecule has 34 heavy (non-hydrogen) atoms. The van der Waals surface area contributed by atoms with Gasteiger partial charge in [-0.05, 0) is 49.5 Å². The number of hydrogen-bond acceptors (Lipinski definition) is 10. The van der Waals surface area contributed by atoms with Crippen molar-refractivity contribution in [1.82, 2.24) is 10.6 Å². The molecule has 2 atom stereocenters. The Labute approximate surface area is 195 Å². The van der Waals surface area contributed by atoms with Crippen molar-refractivity contribution in [2.24, 2.45) is 0 Å². The number of nitrogens with one attached hydrogen (secondary N) is 2. The third-order valence-corrected chi connectivity index (χ3v) is 3.93. The predicted molar refractivity (Wildman–Crippen MR) is 122 cm³/mol. The van der Waals surface area contributed by atoms with Crippen molar-refractivity contribution in [3.05, 3.63) is 59.7 Å². The summed E-state index contributed by atoms with van der Waals surface area (Å²) in [6.07, 6.45) is -0.224. The van der Waals surface area contributed by atoms with Crippen LogP contribution in [-0.2, 0) is 9.59 Å². The Bertz CT molecular complexity index is 874. The van der Waals surface area contributed by atoms with E-state index in [0.717, 1.165) is 0 Å². The van der Waals surface area contributed by atoms with E-state index in [2.05, 4.69) is 10.6 Å². The molecule has 0 unspecified atom stereocenters. The number of aliphatic hydroxyl groups excluding tert-OH is 2. The number of hydrogen-bond donors (Lipinski definition) is 10. The van der Waals surface area contributed by atoms with Gasteiger partial charge in [0, 0.05) is 25.2 Å². The standard InChI is InChI=1S/2C9H13NO3.C4H4O4/c2*1-10-5-9(13)6-2-3-7(11)8(12)4-6;5-3(6)1-2-4(7)8/h2*2-4,9-13H,5H2,1H3;1-2H,(H,5,6)(H,7,8)/b;;2-1+/t2*9-;/m00./s1. The molecule has 0 bridgehead atoms. The third-order valence-electron chi connectivity index (χ3n) is 3.93. The topological polar surface area (TPSA) is 220 Å². The maximum Gasteiger partial charge on any atom is 0.328 e. The molecule has 188 valence electrons. The van der Waals surface area contributed by atoms with Crippen molar-refractivity contribution >= 4 is 11.9 Å². The van der Waals surface area contributed by atoms with E-state index in [0.29, 0.717) is 36.4 Å². The van der Waals surface area contributed by atoms with Crippen molar-refractivity contribution in [1.29, 1.82) is 0 Å². The quantitative estimate of drug-likeness (QED) is 0.183. The first kappa shape index (κ1) is 30.2. The second kappa shape index (κ2) is 15.9. The van der Waals surface area contributed by atoms with Crippen LogP contribution in [0.3, 0.4) is 0 Å². The van der Waals surface area contributed by atoms with Crippen LogP contribution in [0.2, 0.25) is 0 Å². The van der Waals surface area contributed by atoms with E-state index in [-0.39, 0.29) is 23.0 Å². The van der Waals surface area contributed by atoms with Crippen molar-refractivity contribution in [2.75, 3.05) is 27.2 Å². The summed E-state index contributed by atoms with van der Waals surface area (Å²) < 4.78 is 0. The first-order valence-electron chi connectivity index (χ1n) is 9.75. The number of likely N-dealkylation sites (N-methyl/N-ethyl adjacent to an activating group) is 2. The Balaban J connectivity index is 0.000000497. The lowest BCUT2D eigenvalue weighted by molar-refractivity contribution is -0.134. The van der Waals surface area contributed by atoms with Gasteiger partial charge in [-0.25, -0.2) is 9.59 Å². The monoisotopic (exact) mass is 482 g/mol. The van der Waals surface area contributed by atoms with Crippen LogP contribution >= 0.6 is 0 Å². The van der Waals surface area contributed by atoms with Gasteiger partial charge >= 0.3 is 11.9 Å². The average molecular weight is 482 g/mol. The summed E-state index contributed by atoms with van der Waals surface area (Å²) in [5, 5.41) is 76.5. The fraction of sp³-hybridized carbons (Fsp3) is 0.273. The van der Waals surface area contributed by atoms with Crippen LogP contribution in [0.5, 0.6) is 23.0 Å². The molecule has 0 aliphatic carbocycles. The lowest BCUT2D eigenvalue weighted by Gasteiger charge is -2.10. The van der Waals surface area contributed by atoms with E-state index in [1.54, 1.807) is 26.2 Å². The van der Waals surface area contributed by atoms with E-state index < -0.39 is 24.1 Å². The van der Waals surface area contributed by atoms with Gasteiger partial charge in [-0.2, -0.15) is 0 Å². The molecule has 0 fully saturated rings. The van der Waals surface area contributed by atoms with Crippen molar-refractivity contribution in [2.45, 2.75) is 12.2 Å². The highest BCUT2D eigenvalue weighted by molar-refractivity contribution is 5.89. The number of carboxylic acid groups (broad SMARTS) is 2. The highest BCUT2D eigenvalue weighted by Gasteiger charge is 2.09. The molecule has 12 nitrogen and oxygen atoms in total. The normalized spacial score (nSPS) is 12.0. The Morgan fingerprint density at radius 3 is 1.26 bits per heavy atom. The minimum Gasteiger partial charge on any atom is -0.504 e. The van der Waals surface area contributed by atoms with Crippen LogP contribution in [0.1, 0.15) is 23.3 Å². The molecular weight excluding hydrogens is 452 g/mol. The van der Waals surface area contributed by atoms with Gasteiger partial charge in [-0.15, -0.1) is 0 Å². The summed E-state index contributed by atoms with van der Waals surface area (Å²) in [5.74, 6) is -3.30. The highest BCUT2D eigenvalue weighted by atomic mass is 16.4. The molecule has 10 N–H and O–H groups in total. The summed E-state index contributed by atoms with van der Waals surface area (Å²) in [6, 6.07) is 8.52. The average Bonchev–Trinajstić information content (AvgIpc) is 2.77. The SMILES string of the molecule is CNC[C@H](O)c1ccc(O)c(O)c1.CNC[C@H](O)c1ccc(O)c(O)c1.O=C(O)/C=C/C(=O)O. The summed E-state index contributed by atoms with van der Waals surface area (Å²) >= 11 is 0. The summed E-state index contributed by atoms with van der Waals surface area (Å²) in [6.45, 7) is 0.814. The number of aliphatic hydroxyl groups is 2. The molecule has 0 heterocycles. The number of benzene rings is 2. The van der Waals surface area contributed by atoms with Crippen LogP contribution < -0.4 is 10.6 Å². The van der Waals surface area contributed by atoms with Gasteiger partial charge in [0.05, 0.1) is 12.2 Å². The van der Waals surface area contributed by atoms with E-state index >= 15 is 0 Å². The molecule has 0 aromatic heterocycles. The molecule has 0 saturated heterocycles. The number of aromatic hydroxyl groups is 4. The molecule has 0 aliphatic heterocycles. The predicted octanol–water partition coefficient (Wildman–Crippen LogP) is 0.413. The van der Waals surface area contributed by atoms with E-state index in [4.69, 9.17) is 30.6 Å². The van der Waals surface area contributed by atoms with Gasteiger partial charge in [0.1, 0.15) is 0 Å². The second-order valence-corrected chi connectivity index (χ2v) is 6.65. The Morgan fingerprint density at radius 2 is 1.03 bits per heavy atom. The first-order valence-corrected chi connectivity index (χ1v) is 9.75.